The Morgan fingerprint density at radius 2 is 1.09 bits per heavy atom. The fraction of sp³-hybridized carbons (Fsp3) is 1.00. The minimum absolute atomic E-state index is 0.0266. The average molecular weight is 203 g/mol. The van der Waals surface area contributed by atoms with Gasteiger partial charge in [-0.25, -0.2) is 0 Å². The van der Waals surface area contributed by atoms with Crippen molar-refractivity contribution in [1.29, 1.82) is 0 Å². The highest BCUT2D eigenvalue weighted by Gasteiger charge is 2.18. The van der Waals surface area contributed by atoms with Crippen molar-refractivity contribution in [2.45, 2.75) is 0 Å². The first kappa shape index (κ1) is 11.5. The molecule has 0 amide bonds. The molecule has 0 aliphatic carbocycles. The van der Waals surface area contributed by atoms with Crippen LogP contribution in [0.5, 0.6) is 0 Å². The molecule has 0 saturated carbocycles. The Morgan fingerprint density at radius 3 is 1.27 bits per heavy atom. The van der Waals surface area contributed by atoms with Crippen LogP contribution >= 0.6 is 19.9 Å². The molecule has 70 valence electrons. The highest BCUT2D eigenvalue weighted by Crippen LogP contribution is 2.51. The number of rotatable bonds is 6. The Morgan fingerprint density at radius 1 is 0.818 bits per heavy atom. The molecule has 0 heterocycles. The van der Waals surface area contributed by atoms with Crippen LogP contribution in [0.1, 0.15) is 0 Å². The van der Waals surface area contributed by atoms with Gasteiger partial charge in [-0.15, -0.1) is 0 Å². The number of aliphatic hydroxyl groups excluding tert-OH is 3. The monoisotopic (exact) mass is 202 g/mol. The van der Waals surface area contributed by atoms with Crippen molar-refractivity contribution in [3.8, 4) is 0 Å². The number of halogens is 1. The molecular weight excluding hydrogens is 188 g/mol. The van der Waals surface area contributed by atoms with E-state index in [0.717, 1.165) is 0 Å². The highest BCUT2D eigenvalue weighted by molar-refractivity contribution is 8.51. The van der Waals surface area contributed by atoms with Gasteiger partial charge in [-0.05, 0) is 0 Å². The van der Waals surface area contributed by atoms with Crippen molar-refractivity contribution in [2.24, 2.45) is 0 Å². The Labute approximate surface area is 72.8 Å². The molecular formula is C6H15ClO3S. The van der Waals surface area contributed by atoms with Gasteiger partial charge in [-0.1, -0.05) is 10.7 Å². The van der Waals surface area contributed by atoms with Crippen molar-refractivity contribution >= 4 is 19.9 Å². The third-order valence-electron chi connectivity index (χ3n) is 1.37. The second-order valence-corrected chi connectivity index (χ2v) is 7.29. The van der Waals surface area contributed by atoms with Gasteiger partial charge in [0.25, 0.3) is 0 Å². The Kier molecular flexibility index (Phi) is 6.37. The smallest absolute Gasteiger partial charge is 0.0517 e. The first-order chi connectivity index (χ1) is 5.18. The quantitative estimate of drug-likeness (QED) is 0.565. The van der Waals surface area contributed by atoms with Crippen molar-refractivity contribution in [3.63, 3.8) is 0 Å². The van der Waals surface area contributed by atoms with Gasteiger partial charge < -0.3 is 15.3 Å². The molecule has 0 radical (unpaired) electrons. The lowest BCUT2D eigenvalue weighted by Crippen LogP contribution is -2.14. The zero-order chi connectivity index (χ0) is 8.74. The summed E-state index contributed by atoms with van der Waals surface area (Å²) in [6.07, 6.45) is 0. The van der Waals surface area contributed by atoms with Crippen LogP contribution in [-0.4, -0.2) is 52.4 Å². The predicted octanol–water partition coefficient (Wildman–Crippen LogP) is -0.0783. The van der Waals surface area contributed by atoms with Crippen molar-refractivity contribution in [3.05, 3.63) is 0 Å². The van der Waals surface area contributed by atoms with Crippen LogP contribution in [0.4, 0.5) is 0 Å². The Balaban J connectivity index is 3.79. The number of hydrogen-bond donors (Lipinski definition) is 3. The molecule has 11 heavy (non-hydrogen) atoms. The Hall–Kier alpha value is 0.520. The summed E-state index contributed by atoms with van der Waals surface area (Å²) >= 11 is 0. The van der Waals surface area contributed by atoms with Gasteiger partial charge in [0, 0.05) is 17.3 Å². The van der Waals surface area contributed by atoms with Gasteiger partial charge in [0.1, 0.15) is 0 Å². The largest absolute Gasteiger partial charge is 0.396 e. The van der Waals surface area contributed by atoms with Crippen LogP contribution in [-0.2, 0) is 0 Å². The topological polar surface area (TPSA) is 60.7 Å². The first-order valence-corrected chi connectivity index (χ1v) is 6.44. The van der Waals surface area contributed by atoms with Crippen molar-refractivity contribution in [1.82, 2.24) is 0 Å². The van der Waals surface area contributed by atoms with E-state index in [-0.39, 0.29) is 19.8 Å². The van der Waals surface area contributed by atoms with Crippen LogP contribution in [0.15, 0.2) is 0 Å². The lowest BCUT2D eigenvalue weighted by molar-refractivity contribution is 0.312. The van der Waals surface area contributed by atoms with Gasteiger partial charge in [-0.2, -0.15) is 9.24 Å². The third-order valence-corrected chi connectivity index (χ3v) is 5.50. The summed E-state index contributed by atoms with van der Waals surface area (Å²) in [4.78, 5) is 0. The molecule has 0 aromatic heterocycles. The van der Waals surface area contributed by atoms with Gasteiger partial charge in [0.05, 0.1) is 19.8 Å². The molecule has 0 aliphatic heterocycles. The maximum Gasteiger partial charge on any atom is 0.0517 e. The Bertz CT molecular complexity index is 84.8. The predicted molar refractivity (Wildman–Crippen MR) is 49.3 cm³/mol. The molecule has 3 nitrogen and oxygen atoms in total. The van der Waals surface area contributed by atoms with Gasteiger partial charge in [-0.3, -0.25) is 0 Å². The maximum atomic E-state index is 8.63. The van der Waals surface area contributed by atoms with Crippen LogP contribution in [0.2, 0.25) is 0 Å². The van der Waals surface area contributed by atoms with Gasteiger partial charge >= 0.3 is 0 Å². The molecule has 0 aromatic rings. The molecule has 5 heteroatoms. The van der Waals surface area contributed by atoms with Crippen LogP contribution in [0, 0.1) is 0 Å². The van der Waals surface area contributed by atoms with E-state index in [4.69, 9.17) is 26.0 Å². The summed E-state index contributed by atoms with van der Waals surface area (Å²) < 4.78 is 0. The van der Waals surface area contributed by atoms with E-state index in [9.17, 15) is 0 Å². The van der Waals surface area contributed by atoms with Gasteiger partial charge in [0.15, 0.2) is 0 Å². The first-order valence-electron chi connectivity index (χ1n) is 3.47. The summed E-state index contributed by atoms with van der Waals surface area (Å²) in [6, 6.07) is 0. The van der Waals surface area contributed by atoms with Gasteiger partial charge in [0.2, 0.25) is 0 Å². The van der Waals surface area contributed by atoms with Crippen LogP contribution in [0.3, 0.4) is 0 Å². The SMILES string of the molecule is OCCS(Cl)(CCO)CCO. The van der Waals surface area contributed by atoms with E-state index in [0.29, 0.717) is 17.3 Å². The van der Waals surface area contributed by atoms with Crippen LogP contribution in [0.25, 0.3) is 0 Å². The molecule has 0 aliphatic rings. The average Bonchev–Trinajstić information content (AvgIpc) is 1.88. The molecule has 3 N–H and O–H groups in total. The molecule has 0 spiro atoms. The standard InChI is InChI=1S/C6H15ClO3S/c7-11(4-1-8,5-2-9)6-3-10/h8-10H,1-6H2. The lowest BCUT2D eigenvalue weighted by Gasteiger charge is -2.30. The summed E-state index contributed by atoms with van der Waals surface area (Å²) in [5.74, 6) is 1.49. The molecule has 0 unspecified atom stereocenters. The lowest BCUT2D eigenvalue weighted by atomic mass is 10.8. The maximum absolute atomic E-state index is 8.63. The van der Waals surface area contributed by atoms with E-state index in [1.807, 2.05) is 0 Å². The van der Waals surface area contributed by atoms with Crippen molar-refractivity contribution in [2.75, 3.05) is 37.1 Å². The van der Waals surface area contributed by atoms with Crippen LogP contribution < -0.4 is 0 Å². The highest BCUT2D eigenvalue weighted by atomic mass is 35.7. The van der Waals surface area contributed by atoms with E-state index < -0.39 is 9.24 Å². The van der Waals surface area contributed by atoms with E-state index in [1.165, 1.54) is 0 Å². The molecule has 0 bridgehead atoms. The number of aliphatic hydroxyl groups is 3. The third kappa shape index (κ3) is 4.87. The molecule has 0 fully saturated rings. The second-order valence-electron chi connectivity index (χ2n) is 2.22. The minimum atomic E-state index is -1.47. The molecule has 0 atom stereocenters. The fourth-order valence-electron chi connectivity index (χ4n) is 0.797. The molecule has 0 rings (SSSR count). The minimum Gasteiger partial charge on any atom is -0.396 e. The van der Waals surface area contributed by atoms with E-state index >= 15 is 0 Å². The zero-order valence-corrected chi connectivity index (χ0v) is 7.94. The molecule has 0 aromatic carbocycles. The van der Waals surface area contributed by atoms with Crippen molar-refractivity contribution < 1.29 is 15.3 Å². The second kappa shape index (κ2) is 6.08. The normalized spacial score (nSPS) is 13.5. The van der Waals surface area contributed by atoms with E-state index in [1.54, 1.807) is 0 Å². The summed E-state index contributed by atoms with van der Waals surface area (Å²) in [7, 11) is 4.58. The van der Waals surface area contributed by atoms with E-state index in [2.05, 4.69) is 0 Å². The zero-order valence-electron chi connectivity index (χ0n) is 6.37. The fourth-order valence-corrected chi connectivity index (χ4v) is 3.01. The number of hydrogen-bond acceptors (Lipinski definition) is 3. The molecule has 0 saturated heterocycles. The summed E-state index contributed by atoms with van der Waals surface area (Å²) in [5, 5.41) is 25.9. The summed E-state index contributed by atoms with van der Waals surface area (Å²) in [5.41, 5.74) is 0. The summed E-state index contributed by atoms with van der Waals surface area (Å²) in [6.45, 7) is 0.0799.